The van der Waals surface area contributed by atoms with Crippen LogP contribution in [0.4, 0.5) is 0 Å². The highest BCUT2D eigenvalue weighted by Gasteiger charge is 2.31. The summed E-state index contributed by atoms with van der Waals surface area (Å²) in [6, 6.07) is 9.23. The van der Waals surface area contributed by atoms with Gasteiger partial charge in [0.1, 0.15) is 0 Å². The van der Waals surface area contributed by atoms with Gasteiger partial charge < -0.3 is 0 Å². The van der Waals surface area contributed by atoms with Crippen LogP contribution in [-0.2, 0) is 6.42 Å². The molecular formula is C17H28N2. The number of rotatable bonds is 9. The minimum Gasteiger partial charge on any atom is -0.271 e. The molecule has 1 aliphatic rings. The van der Waals surface area contributed by atoms with E-state index in [-0.39, 0.29) is 0 Å². The van der Waals surface area contributed by atoms with Gasteiger partial charge in [0.2, 0.25) is 0 Å². The highest BCUT2D eigenvalue weighted by molar-refractivity contribution is 5.41. The molecule has 3 N–H and O–H groups in total. The van der Waals surface area contributed by atoms with Crippen LogP contribution in [0.25, 0.3) is 0 Å². The van der Waals surface area contributed by atoms with Crippen LogP contribution >= 0.6 is 0 Å². The van der Waals surface area contributed by atoms with Gasteiger partial charge in [-0.3, -0.25) is 11.3 Å². The Hall–Kier alpha value is -0.860. The Balaban J connectivity index is 1.70. The number of benzene rings is 1. The standard InChI is InChI=1S/C17H28N2/c1-2-3-4-5-6-7-12-17(19-18)16-13-14-10-8-9-11-15(14)16/h8-11,16-17,19H,2-7,12-13,18H2,1H3. The molecule has 106 valence electrons. The molecule has 0 saturated carbocycles. The summed E-state index contributed by atoms with van der Waals surface area (Å²) in [4.78, 5) is 0. The predicted octanol–water partition coefficient (Wildman–Crippen LogP) is 3.91. The number of hydrogen-bond acceptors (Lipinski definition) is 2. The third-order valence-electron chi connectivity index (χ3n) is 4.46. The summed E-state index contributed by atoms with van der Waals surface area (Å²) in [5.74, 6) is 6.39. The second-order valence-corrected chi connectivity index (χ2v) is 5.84. The molecule has 1 aromatic rings. The van der Waals surface area contributed by atoms with Crippen molar-refractivity contribution in [1.29, 1.82) is 0 Å². The van der Waals surface area contributed by atoms with E-state index < -0.39 is 0 Å². The summed E-state index contributed by atoms with van der Waals surface area (Å²) in [6.45, 7) is 2.27. The van der Waals surface area contributed by atoms with E-state index in [4.69, 9.17) is 5.84 Å². The van der Waals surface area contributed by atoms with Crippen LogP contribution in [0.15, 0.2) is 24.3 Å². The monoisotopic (exact) mass is 260 g/mol. The zero-order chi connectivity index (χ0) is 13.5. The molecule has 2 unspecified atom stereocenters. The molecule has 0 bridgehead atoms. The quantitative estimate of drug-likeness (QED) is 0.401. The minimum absolute atomic E-state index is 0.459. The van der Waals surface area contributed by atoms with Gasteiger partial charge in [-0.05, 0) is 24.0 Å². The zero-order valence-corrected chi connectivity index (χ0v) is 12.2. The lowest BCUT2D eigenvalue weighted by Gasteiger charge is -2.36. The van der Waals surface area contributed by atoms with E-state index in [1.807, 2.05) is 0 Å². The maximum Gasteiger partial charge on any atom is 0.0282 e. The van der Waals surface area contributed by atoms with Gasteiger partial charge in [-0.15, -0.1) is 0 Å². The van der Waals surface area contributed by atoms with E-state index >= 15 is 0 Å². The summed E-state index contributed by atoms with van der Waals surface area (Å²) in [5, 5.41) is 0. The third-order valence-corrected chi connectivity index (χ3v) is 4.46. The van der Waals surface area contributed by atoms with E-state index in [1.54, 1.807) is 0 Å². The van der Waals surface area contributed by atoms with Gasteiger partial charge >= 0.3 is 0 Å². The molecular weight excluding hydrogens is 232 g/mol. The Kier molecular flexibility index (Phi) is 5.87. The van der Waals surface area contributed by atoms with Crippen molar-refractivity contribution in [3.8, 4) is 0 Å². The van der Waals surface area contributed by atoms with Crippen molar-refractivity contribution in [1.82, 2.24) is 5.43 Å². The minimum atomic E-state index is 0.459. The summed E-state index contributed by atoms with van der Waals surface area (Å²) in [7, 11) is 0. The topological polar surface area (TPSA) is 38.0 Å². The first-order valence-corrected chi connectivity index (χ1v) is 7.90. The molecule has 0 radical (unpaired) electrons. The molecule has 0 spiro atoms. The number of hydrazine groups is 1. The van der Waals surface area contributed by atoms with Crippen molar-refractivity contribution in [2.75, 3.05) is 0 Å². The molecule has 0 aliphatic heterocycles. The van der Waals surface area contributed by atoms with E-state index in [0.29, 0.717) is 12.0 Å². The smallest absolute Gasteiger partial charge is 0.0282 e. The van der Waals surface area contributed by atoms with E-state index in [9.17, 15) is 0 Å². The largest absolute Gasteiger partial charge is 0.271 e. The van der Waals surface area contributed by atoms with Gasteiger partial charge in [-0.1, -0.05) is 69.7 Å². The average Bonchev–Trinajstić information content (AvgIpc) is 2.42. The molecule has 0 amide bonds. The molecule has 0 saturated heterocycles. The van der Waals surface area contributed by atoms with Crippen LogP contribution in [0.2, 0.25) is 0 Å². The summed E-state index contributed by atoms with van der Waals surface area (Å²) >= 11 is 0. The molecule has 0 fully saturated rings. The Morgan fingerprint density at radius 2 is 1.89 bits per heavy atom. The summed E-state index contributed by atoms with van der Waals surface area (Å²) < 4.78 is 0. The second-order valence-electron chi connectivity index (χ2n) is 5.84. The van der Waals surface area contributed by atoms with Gasteiger partial charge in [0.25, 0.3) is 0 Å². The Morgan fingerprint density at radius 3 is 2.63 bits per heavy atom. The second kappa shape index (κ2) is 7.66. The normalized spacial score (nSPS) is 18.7. The first kappa shape index (κ1) is 14.5. The van der Waals surface area contributed by atoms with Crippen LogP contribution < -0.4 is 11.3 Å². The number of fused-ring (bicyclic) bond motifs is 1. The van der Waals surface area contributed by atoms with Gasteiger partial charge in [0, 0.05) is 12.0 Å². The molecule has 1 aromatic carbocycles. The lowest BCUT2D eigenvalue weighted by molar-refractivity contribution is 0.371. The molecule has 1 aliphatic carbocycles. The lowest BCUT2D eigenvalue weighted by atomic mass is 9.72. The third kappa shape index (κ3) is 3.80. The van der Waals surface area contributed by atoms with Crippen molar-refractivity contribution >= 4 is 0 Å². The maximum atomic E-state index is 5.75. The first-order chi connectivity index (χ1) is 9.36. The molecule has 2 atom stereocenters. The van der Waals surface area contributed by atoms with Crippen LogP contribution in [0.3, 0.4) is 0 Å². The fraction of sp³-hybridized carbons (Fsp3) is 0.647. The molecule has 2 nitrogen and oxygen atoms in total. The highest BCUT2D eigenvalue weighted by Crippen LogP contribution is 2.38. The van der Waals surface area contributed by atoms with Crippen molar-refractivity contribution in [2.45, 2.75) is 70.3 Å². The SMILES string of the molecule is CCCCCCCCC(NN)C1Cc2ccccc21. The van der Waals surface area contributed by atoms with E-state index in [1.165, 1.54) is 62.5 Å². The molecule has 2 heteroatoms. The van der Waals surface area contributed by atoms with Crippen molar-refractivity contribution in [3.05, 3.63) is 35.4 Å². The molecule has 0 heterocycles. The number of nitrogens with one attached hydrogen (secondary N) is 1. The maximum absolute atomic E-state index is 5.75. The van der Waals surface area contributed by atoms with Gasteiger partial charge in [0.15, 0.2) is 0 Å². The number of hydrogen-bond donors (Lipinski definition) is 2. The average molecular weight is 260 g/mol. The van der Waals surface area contributed by atoms with Crippen LogP contribution in [-0.4, -0.2) is 6.04 Å². The van der Waals surface area contributed by atoms with Crippen LogP contribution in [0.5, 0.6) is 0 Å². The van der Waals surface area contributed by atoms with E-state index in [0.717, 1.165) is 0 Å². The van der Waals surface area contributed by atoms with Gasteiger partial charge in [-0.2, -0.15) is 0 Å². The summed E-state index contributed by atoms with van der Waals surface area (Å²) in [6.07, 6.45) is 10.5. The Labute approximate surface area is 117 Å². The number of unbranched alkanes of at least 4 members (excludes halogenated alkanes) is 5. The van der Waals surface area contributed by atoms with E-state index in [2.05, 4.69) is 36.6 Å². The van der Waals surface area contributed by atoms with Crippen LogP contribution in [0, 0.1) is 0 Å². The molecule has 2 rings (SSSR count). The fourth-order valence-electron chi connectivity index (χ4n) is 3.20. The van der Waals surface area contributed by atoms with Crippen LogP contribution in [0.1, 0.15) is 68.9 Å². The fourth-order valence-corrected chi connectivity index (χ4v) is 3.20. The summed E-state index contributed by atoms with van der Waals surface area (Å²) in [5.41, 5.74) is 6.07. The highest BCUT2D eigenvalue weighted by atomic mass is 15.2. The van der Waals surface area contributed by atoms with Crippen molar-refractivity contribution in [3.63, 3.8) is 0 Å². The van der Waals surface area contributed by atoms with Crippen molar-refractivity contribution in [2.24, 2.45) is 5.84 Å². The molecule has 19 heavy (non-hydrogen) atoms. The lowest BCUT2D eigenvalue weighted by Crippen LogP contribution is -2.43. The first-order valence-electron chi connectivity index (χ1n) is 7.90. The van der Waals surface area contributed by atoms with Gasteiger partial charge in [0.05, 0.1) is 0 Å². The molecule has 0 aromatic heterocycles. The van der Waals surface area contributed by atoms with Gasteiger partial charge in [-0.25, -0.2) is 0 Å². The Bertz CT molecular complexity index is 375. The Morgan fingerprint density at radius 1 is 1.16 bits per heavy atom. The predicted molar refractivity (Wildman–Crippen MR) is 82.0 cm³/mol. The number of nitrogens with two attached hydrogens (primary N) is 1. The zero-order valence-electron chi connectivity index (χ0n) is 12.2. The van der Waals surface area contributed by atoms with Crippen molar-refractivity contribution < 1.29 is 0 Å².